The average molecular weight is 307 g/mol. The van der Waals surface area contributed by atoms with Gasteiger partial charge < -0.3 is 0 Å². The van der Waals surface area contributed by atoms with Crippen LogP contribution in [0.3, 0.4) is 0 Å². The molecule has 21 heavy (non-hydrogen) atoms. The maximum Gasteiger partial charge on any atom is 0.326 e. The summed E-state index contributed by atoms with van der Waals surface area (Å²) in [6, 6.07) is -2.04. The van der Waals surface area contributed by atoms with E-state index < -0.39 is 29.8 Å². The van der Waals surface area contributed by atoms with Crippen molar-refractivity contribution in [3.63, 3.8) is 0 Å². The zero-order chi connectivity index (χ0) is 15.6. The van der Waals surface area contributed by atoms with Crippen LogP contribution in [0.15, 0.2) is 23.8 Å². The number of urea groups is 1. The number of hydrogen-bond acceptors (Lipinski definition) is 5. The highest BCUT2D eigenvalue weighted by molar-refractivity contribution is 7.80. The summed E-state index contributed by atoms with van der Waals surface area (Å²) < 4.78 is 0. The Labute approximate surface area is 126 Å². The lowest BCUT2D eigenvalue weighted by molar-refractivity contribution is -0.143. The Bertz CT molecular complexity index is 589. The van der Waals surface area contributed by atoms with E-state index in [1.165, 1.54) is 0 Å². The fraction of sp³-hybridized carbons (Fsp3) is 0.308. The number of nitrogens with zero attached hydrogens (tertiary/aromatic N) is 1. The van der Waals surface area contributed by atoms with Crippen molar-refractivity contribution in [1.82, 2.24) is 15.5 Å². The molecular weight excluding hydrogens is 294 g/mol. The molecule has 0 aromatic heterocycles. The number of likely N-dealkylation sites (tertiary alicyclic amines) is 1. The highest BCUT2D eigenvalue weighted by atomic mass is 32.1. The monoisotopic (exact) mass is 307 g/mol. The maximum atomic E-state index is 12.2. The quantitative estimate of drug-likeness (QED) is 0.440. The zero-order valence-corrected chi connectivity index (χ0v) is 12.0. The molecule has 0 aliphatic carbocycles. The van der Waals surface area contributed by atoms with Crippen molar-refractivity contribution in [3.8, 4) is 0 Å². The third kappa shape index (κ3) is 2.89. The summed E-state index contributed by atoms with van der Waals surface area (Å²) >= 11 is 4.90. The van der Waals surface area contributed by atoms with Crippen molar-refractivity contribution < 1.29 is 19.2 Å². The minimum atomic E-state index is -1.28. The largest absolute Gasteiger partial charge is 0.326 e. The Kier molecular flexibility index (Phi) is 4.27. The molecule has 7 nitrogen and oxygen atoms in total. The first-order valence-electron chi connectivity index (χ1n) is 6.33. The molecule has 0 bridgehead atoms. The van der Waals surface area contributed by atoms with Crippen molar-refractivity contribution in [2.24, 2.45) is 0 Å². The molecule has 0 spiro atoms. The second-order valence-corrected chi connectivity index (χ2v) is 4.92. The summed E-state index contributed by atoms with van der Waals surface area (Å²) in [5, 5.41) is 4.21. The van der Waals surface area contributed by atoms with E-state index >= 15 is 0 Å². The van der Waals surface area contributed by atoms with Gasteiger partial charge in [0.05, 0.1) is 6.42 Å². The molecular formula is C13H13N3O4S. The molecule has 1 atom stereocenters. The van der Waals surface area contributed by atoms with Gasteiger partial charge in [0.15, 0.2) is 6.04 Å². The molecule has 0 saturated carbocycles. The Balaban J connectivity index is 2.26. The first-order valence-corrected chi connectivity index (χ1v) is 6.74. The van der Waals surface area contributed by atoms with Crippen LogP contribution >= 0.6 is 12.2 Å². The lowest BCUT2D eigenvalue weighted by Crippen LogP contribution is -2.64. The molecule has 2 N–H and O–H groups in total. The number of thiocarbonyl (C=S) groups is 1. The van der Waals surface area contributed by atoms with E-state index in [1.807, 2.05) is 18.3 Å². The number of nitrogens with one attached hydrogen (secondary N) is 2. The number of carbonyl (C=O) groups is 4. The SMILES string of the molecule is CC/C=C\C=C1/CC(=O)N(C2C(=O)NC(=O)NC2=S)C1=O. The lowest BCUT2D eigenvalue weighted by atomic mass is 10.2. The number of hydrogen-bond donors (Lipinski definition) is 2. The molecule has 2 rings (SSSR count). The average Bonchev–Trinajstić information content (AvgIpc) is 2.66. The molecule has 2 aliphatic heterocycles. The second-order valence-electron chi connectivity index (χ2n) is 4.48. The Morgan fingerprint density at radius 1 is 1.29 bits per heavy atom. The van der Waals surface area contributed by atoms with Crippen molar-refractivity contribution >= 4 is 41.0 Å². The van der Waals surface area contributed by atoms with E-state index in [4.69, 9.17) is 12.2 Å². The van der Waals surface area contributed by atoms with Crippen LogP contribution < -0.4 is 10.6 Å². The summed E-state index contributed by atoms with van der Waals surface area (Å²) in [5.41, 5.74) is 0.289. The summed E-state index contributed by atoms with van der Waals surface area (Å²) in [6.07, 6.45) is 5.78. The standard InChI is InChI=1S/C13H13N3O4S/c1-2-3-4-5-7-6-8(17)16(12(7)19)9-10(18)14-13(20)15-11(9)21/h3-5,9H,2,6H2,1H3,(H2,14,15,18,20,21)/b4-3-,7-5+. The molecule has 0 radical (unpaired) electrons. The first kappa shape index (κ1) is 15.0. The van der Waals surface area contributed by atoms with Gasteiger partial charge in [0.25, 0.3) is 11.8 Å². The third-order valence-electron chi connectivity index (χ3n) is 3.00. The molecule has 5 amide bonds. The van der Waals surface area contributed by atoms with E-state index in [0.29, 0.717) is 0 Å². The number of imide groups is 2. The van der Waals surface area contributed by atoms with E-state index in [1.54, 1.807) is 12.2 Å². The van der Waals surface area contributed by atoms with Crippen molar-refractivity contribution in [2.75, 3.05) is 0 Å². The third-order valence-corrected chi connectivity index (χ3v) is 3.33. The highest BCUT2D eigenvalue weighted by Crippen LogP contribution is 2.22. The predicted molar refractivity (Wildman–Crippen MR) is 77.0 cm³/mol. The van der Waals surface area contributed by atoms with Gasteiger partial charge in [0, 0.05) is 5.57 Å². The van der Waals surface area contributed by atoms with E-state index in [9.17, 15) is 19.2 Å². The van der Waals surface area contributed by atoms with Crippen LogP contribution in [0.25, 0.3) is 0 Å². The summed E-state index contributed by atoms with van der Waals surface area (Å²) in [7, 11) is 0. The van der Waals surface area contributed by atoms with Crippen molar-refractivity contribution in [1.29, 1.82) is 0 Å². The number of carbonyl (C=O) groups excluding carboxylic acids is 4. The van der Waals surface area contributed by atoms with Crippen LogP contribution in [0.4, 0.5) is 4.79 Å². The Morgan fingerprint density at radius 2 is 2.00 bits per heavy atom. The minimum absolute atomic E-state index is 0.0901. The smallest absolute Gasteiger partial charge is 0.300 e. The van der Waals surface area contributed by atoms with Gasteiger partial charge in [0.2, 0.25) is 5.91 Å². The van der Waals surface area contributed by atoms with Crippen LogP contribution in [0, 0.1) is 0 Å². The molecule has 2 fully saturated rings. The van der Waals surface area contributed by atoms with Gasteiger partial charge >= 0.3 is 6.03 Å². The number of allylic oxidation sites excluding steroid dienone is 3. The Morgan fingerprint density at radius 3 is 2.62 bits per heavy atom. The lowest BCUT2D eigenvalue weighted by Gasteiger charge is -2.28. The predicted octanol–water partition coefficient (Wildman–Crippen LogP) is 0.173. The van der Waals surface area contributed by atoms with Gasteiger partial charge in [-0.05, 0) is 6.42 Å². The maximum absolute atomic E-state index is 12.2. The molecule has 2 aliphatic rings. The zero-order valence-electron chi connectivity index (χ0n) is 11.2. The molecule has 110 valence electrons. The van der Waals surface area contributed by atoms with Gasteiger partial charge in [-0.1, -0.05) is 37.4 Å². The van der Waals surface area contributed by atoms with Gasteiger partial charge in [-0.15, -0.1) is 0 Å². The van der Waals surface area contributed by atoms with Gasteiger partial charge in [-0.25, -0.2) is 4.79 Å². The van der Waals surface area contributed by atoms with Crippen LogP contribution in [0.5, 0.6) is 0 Å². The summed E-state index contributed by atoms with van der Waals surface area (Å²) in [4.78, 5) is 47.8. The van der Waals surface area contributed by atoms with Gasteiger partial charge in [-0.3, -0.25) is 29.9 Å². The fourth-order valence-corrected chi connectivity index (χ4v) is 2.35. The van der Waals surface area contributed by atoms with E-state index in [2.05, 4.69) is 5.32 Å². The van der Waals surface area contributed by atoms with Gasteiger partial charge in [0.1, 0.15) is 4.99 Å². The fourth-order valence-electron chi connectivity index (χ4n) is 2.05. The van der Waals surface area contributed by atoms with Crippen molar-refractivity contribution in [3.05, 3.63) is 23.8 Å². The van der Waals surface area contributed by atoms with Gasteiger partial charge in [-0.2, -0.15) is 0 Å². The molecule has 2 saturated heterocycles. The topological polar surface area (TPSA) is 95.6 Å². The van der Waals surface area contributed by atoms with Crippen LogP contribution in [0.1, 0.15) is 19.8 Å². The normalized spacial score (nSPS) is 25.0. The van der Waals surface area contributed by atoms with E-state index in [-0.39, 0.29) is 17.0 Å². The van der Waals surface area contributed by atoms with Crippen molar-refractivity contribution in [2.45, 2.75) is 25.8 Å². The molecule has 0 aromatic carbocycles. The molecule has 8 heteroatoms. The van der Waals surface area contributed by atoms with Crippen LogP contribution in [0.2, 0.25) is 0 Å². The summed E-state index contributed by atoms with van der Waals surface area (Å²) in [6.45, 7) is 1.94. The molecule has 0 aromatic rings. The van der Waals surface area contributed by atoms with Crippen LogP contribution in [-0.2, 0) is 14.4 Å². The Hall–Kier alpha value is -2.35. The second kappa shape index (κ2) is 5.96. The summed E-state index contributed by atoms with van der Waals surface area (Å²) in [5.74, 6) is -1.87. The highest BCUT2D eigenvalue weighted by Gasteiger charge is 2.46. The number of amides is 5. The van der Waals surface area contributed by atoms with Crippen LogP contribution in [-0.4, -0.2) is 39.7 Å². The first-order chi connectivity index (χ1) is 9.95. The molecule has 2 heterocycles. The molecule has 1 unspecified atom stereocenters. The minimum Gasteiger partial charge on any atom is -0.300 e. The number of rotatable bonds is 3. The van der Waals surface area contributed by atoms with E-state index in [0.717, 1.165) is 11.3 Å².